The van der Waals surface area contributed by atoms with Gasteiger partial charge >= 0.3 is 0 Å². The Morgan fingerprint density at radius 2 is 2.31 bits per heavy atom. The van der Waals surface area contributed by atoms with Crippen molar-refractivity contribution in [3.63, 3.8) is 0 Å². The summed E-state index contributed by atoms with van der Waals surface area (Å²) in [6, 6.07) is 5.75. The summed E-state index contributed by atoms with van der Waals surface area (Å²) in [4.78, 5) is 15.4. The van der Waals surface area contributed by atoms with E-state index in [2.05, 4.69) is 17.2 Å². The molecule has 1 heterocycles. The van der Waals surface area contributed by atoms with Crippen LogP contribution in [0.2, 0.25) is 5.02 Å². The molecule has 1 N–H and O–H groups in total. The van der Waals surface area contributed by atoms with Crippen molar-refractivity contribution in [2.45, 2.75) is 19.8 Å². The molecule has 0 aliphatic carbocycles. The van der Waals surface area contributed by atoms with Crippen molar-refractivity contribution in [1.82, 2.24) is 5.32 Å². The minimum absolute atomic E-state index is 0.0371. The largest absolute Gasteiger partial charge is 0.350 e. The van der Waals surface area contributed by atoms with Crippen LogP contribution < -0.4 is 5.32 Å². The van der Waals surface area contributed by atoms with E-state index in [-0.39, 0.29) is 5.91 Å². The van der Waals surface area contributed by atoms with Crippen LogP contribution in [0.25, 0.3) is 0 Å². The molecular formula is C12H13ClN2O. The zero-order valence-corrected chi connectivity index (χ0v) is 9.84. The maximum absolute atomic E-state index is 11.0. The highest BCUT2D eigenvalue weighted by Gasteiger charge is 2.15. The van der Waals surface area contributed by atoms with Crippen molar-refractivity contribution in [3.8, 4) is 0 Å². The van der Waals surface area contributed by atoms with Crippen LogP contribution in [0.1, 0.15) is 18.9 Å². The van der Waals surface area contributed by atoms with E-state index in [1.807, 2.05) is 18.2 Å². The van der Waals surface area contributed by atoms with Crippen LogP contribution >= 0.6 is 11.6 Å². The van der Waals surface area contributed by atoms with Crippen LogP contribution in [0, 0.1) is 0 Å². The Kier molecular flexibility index (Phi) is 3.25. The molecule has 16 heavy (non-hydrogen) atoms. The molecule has 3 nitrogen and oxygen atoms in total. The van der Waals surface area contributed by atoms with Gasteiger partial charge in [-0.05, 0) is 24.1 Å². The number of halogens is 1. The molecule has 1 aromatic rings. The first kappa shape index (κ1) is 11.1. The Balaban J connectivity index is 2.22. The third-order valence-electron chi connectivity index (χ3n) is 2.56. The molecular weight excluding hydrogens is 224 g/mol. The minimum Gasteiger partial charge on any atom is -0.350 e. The number of nitrogens with zero attached hydrogens (tertiary/aromatic N) is 1. The number of carbonyl (C=O) groups is 1. The summed E-state index contributed by atoms with van der Waals surface area (Å²) in [6.07, 6.45) is 1.31. The van der Waals surface area contributed by atoms with Crippen LogP contribution in [-0.2, 0) is 11.2 Å². The van der Waals surface area contributed by atoms with Crippen molar-refractivity contribution >= 4 is 28.9 Å². The molecule has 1 amide bonds. The lowest BCUT2D eigenvalue weighted by Crippen LogP contribution is -2.13. The first-order valence-corrected chi connectivity index (χ1v) is 5.68. The Morgan fingerprint density at radius 3 is 2.88 bits per heavy atom. The molecule has 1 saturated heterocycles. The third-order valence-corrected chi connectivity index (χ3v) is 2.91. The van der Waals surface area contributed by atoms with Crippen LogP contribution in [-0.4, -0.2) is 18.2 Å². The fraction of sp³-hybridized carbons (Fsp3) is 0.333. The molecule has 1 fully saturated rings. The van der Waals surface area contributed by atoms with Crippen LogP contribution in [0.5, 0.6) is 0 Å². The number of benzene rings is 1. The monoisotopic (exact) mass is 236 g/mol. The van der Waals surface area contributed by atoms with Crippen LogP contribution in [0.3, 0.4) is 0 Å². The number of amides is 1. The smallest absolute Gasteiger partial charge is 0.226 e. The number of rotatable bonds is 2. The lowest BCUT2D eigenvalue weighted by molar-refractivity contribution is -0.118. The second kappa shape index (κ2) is 4.66. The number of hydrogen-bond acceptors (Lipinski definition) is 2. The standard InChI is InChI=1S/C12H13ClN2O/c1-2-8-3-4-9(5-11(8)13)15-10-6-12(16)14-7-10/h3-5H,2,6-7H2,1H3,(H,14,16). The van der Waals surface area contributed by atoms with Gasteiger partial charge in [0.25, 0.3) is 0 Å². The van der Waals surface area contributed by atoms with Crippen LogP contribution in [0.4, 0.5) is 5.69 Å². The summed E-state index contributed by atoms with van der Waals surface area (Å²) in [6.45, 7) is 2.61. The Morgan fingerprint density at radius 1 is 1.50 bits per heavy atom. The van der Waals surface area contributed by atoms with E-state index >= 15 is 0 Å². The molecule has 0 spiro atoms. The fourth-order valence-corrected chi connectivity index (χ4v) is 1.97. The highest BCUT2D eigenvalue weighted by Crippen LogP contribution is 2.23. The summed E-state index contributed by atoms with van der Waals surface area (Å²) in [5.41, 5.74) is 2.80. The van der Waals surface area contributed by atoms with Gasteiger partial charge in [-0.1, -0.05) is 24.6 Å². The van der Waals surface area contributed by atoms with E-state index in [1.165, 1.54) is 0 Å². The summed E-state index contributed by atoms with van der Waals surface area (Å²) in [7, 11) is 0. The zero-order valence-electron chi connectivity index (χ0n) is 9.09. The second-order valence-corrected chi connectivity index (χ2v) is 4.17. The maximum atomic E-state index is 11.0. The molecule has 1 aliphatic rings. The van der Waals surface area contributed by atoms with Crippen molar-refractivity contribution in [3.05, 3.63) is 28.8 Å². The average molecular weight is 237 g/mol. The topological polar surface area (TPSA) is 41.5 Å². The second-order valence-electron chi connectivity index (χ2n) is 3.76. The van der Waals surface area contributed by atoms with Gasteiger partial charge < -0.3 is 5.32 Å². The van der Waals surface area contributed by atoms with Crippen LogP contribution in [0.15, 0.2) is 23.2 Å². The lowest BCUT2D eigenvalue weighted by atomic mass is 10.1. The zero-order chi connectivity index (χ0) is 11.5. The van der Waals surface area contributed by atoms with E-state index in [9.17, 15) is 4.79 Å². The van der Waals surface area contributed by atoms with Gasteiger partial charge in [-0.25, -0.2) is 0 Å². The normalized spacial score (nSPS) is 17.9. The van der Waals surface area contributed by atoms with E-state index in [0.717, 1.165) is 28.4 Å². The van der Waals surface area contributed by atoms with Gasteiger partial charge in [-0.3, -0.25) is 9.79 Å². The average Bonchev–Trinajstić information content (AvgIpc) is 2.64. The van der Waals surface area contributed by atoms with Gasteiger partial charge in [0.2, 0.25) is 5.91 Å². The predicted molar refractivity (Wildman–Crippen MR) is 65.6 cm³/mol. The SMILES string of the molecule is CCc1ccc(N=C2CNC(=O)C2)cc1Cl. The summed E-state index contributed by atoms with van der Waals surface area (Å²) in [5.74, 6) is 0.0371. The molecule has 84 valence electrons. The number of nitrogens with one attached hydrogen (secondary N) is 1. The van der Waals surface area contributed by atoms with E-state index < -0.39 is 0 Å². The highest BCUT2D eigenvalue weighted by molar-refractivity contribution is 6.31. The quantitative estimate of drug-likeness (QED) is 0.842. The van der Waals surface area contributed by atoms with Gasteiger partial charge in [0.15, 0.2) is 0 Å². The third kappa shape index (κ3) is 2.42. The van der Waals surface area contributed by atoms with E-state index in [0.29, 0.717) is 13.0 Å². The predicted octanol–water partition coefficient (Wildman–Crippen LogP) is 2.49. The first-order valence-electron chi connectivity index (χ1n) is 5.30. The summed E-state index contributed by atoms with van der Waals surface area (Å²) >= 11 is 6.09. The van der Waals surface area contributed by atoms with Gasteiger partial charge in [0, 0.05) is 10.7 Å². The van der Waals surface area contributed by atoms with E-state index in [1.54, 1.807) is 0 Å². The molecule has 4 heteroatoms. The molecule has 1 aromatic carbocycles. The van der Waals surface area contributed by atoms with Gasteiger partial charge in [-0.15, -0.1) is 0 Å². The molecule has 0 unspecified atom stereocenters. The molecule has 0 radical (unpaired) electrons. The first-order chi connectivity index (χ1) is 7.69. The van der Waals surface area contributed by atoms with Gasteiger partial charge in [0.05, 0.1) is 18.7 Å². The van der Waals surface area contributed by atoms with Crippen molar-refractivity contribution in [2.75, 3.05) is 6.54 Å². The molecule has 2 rings (SSSR count). The van der Waals surface area contributed by atoms with Crippen molar-refractivity contribution in [1.29, 1.82) is 0 Å². The van der Waals surface area contributed by atoms with Gasteiger partial charge in [-0.2, -0.15) is 0 Å². The number of carbonyl (C=O) groups excluding carboxylic acids is 1. The Labute approximate surface area is 99.5 Å². The summed E-state index contributed by atoms with van der Waals surface area (Å²) in [5, 5.41) is 3.46. The highest BCUT2D eigenvalue weighted by atomic mass is 35.5. The van der Waals surface area contributed by atoms with E-state index in [4.69, 9.17) is 11.6 Å². The van der Waals surface area contributed by atoms with Crippen molar-refractivity contribution < 1.29 is 4.79 Å². The fourth-order valence-electron chi connectivity index (χ4n) is 1.67. The lowest BCUT2D eigenvalue weighted by Gasteiger charge is -2.02. The maximum Gasteiger partial charge on any atom is 0.226 e. The molecule has 0 aromatic heterocycles. The molecule has 0 saturated carbocycles. The molecule has 0 bridgehead atoms. The number of aliphatic imine (C=N–C) groups is 1. The Hall–Kier alpha value is -1.35. The molecule has 1 aliphatic heterocycles. The van der Waals surface area contributed by atoms with Crippen molar-refractivity contribution in [2.24, 2.45) is 4.99 Å². The summed E-state index contributed by atoms with van der Waals surface area (Å²) < 4.78 is 0. The molecule has 0 atom stereocenters. The Bertz CT molecular complexity index is 454. The number of aryl methyl sites for hydroxylation is 1. The minimum atomic E-state index is 0.0371. The number of hydrogen-bond donors (Lipinski definition) is 1. The van der Waals surface area contributed by atoms with Gasteiger partial charge in [0.1, 0.15) is 0 Å².